The molecule has 0 unspecified atom stereocenters. The second-order valence-corrected chi connectivity index (χ2v) is 6.35. The number of ether oxygens (including phenoxy) is 1. The first-order valence-electron chi connectivity index (χ1n) is 8.35. The Bertz CT molecular complexity index is 229. The summed E-state index contributed by atoms with van der Waals surface area (Å²) in [6, 6.07) is 0. The van der Waals surface area contributed by atoms with E-state index in [4.69, 9.17) is 4.74 Å². The van der Waals surface area contributed by atoms with Crippen LogP contribution >= 0.6 is 0 Å². The molecule has 1 aliphatic carbocycles. The quantitative estimate of drug-likeness (QED) is 0.685. The Balaban J connectivity index is 1.47. The highest BCUT2D eigenvalue weighted by atomic mass is 16.5. The lowest BCUT2D eigenvalue weighted by Crippen LogP contribution is -2.41. The van der Waals surface area contributed by atoms with Crippen LogP contribution in [0.5, 0.6) is 0 Å². The van der Waals surface area contributed by atoms with Crippen LogP contribution in [0, 0.1) is 5.41 Å². The molecule has 0 aromatic rings. The predicted molar refractivity (Wildman–Crippen MR) is 80.6 cm³/mol. The molecular weight excluding hydrogens is 236 g/mol. The van der Waals surface area contributed by atoms with Crippen molar-refractivity contribution in [2.24, 2.45) is 5.41 Å². The molecule has 0 atom stereocenters. The molecule has 0 bridgehead atoms. The van der Waals surface area contributed by atoms with Gasteiger partial charge in [0.15, 0.2) is 0 Å². The van der Waals surface area contributed by atoms with Gasteiger partial charge in [-0.05, 0) is 64.1 Å². The van der Waals surface area contributed by atoms with Gasteiger partial charge >= 0.3 is 0 Å². The zero-order chi connectivity index (χ0) is 13.4. The Hall–Kier alpha value is -0.120. The van der Waals surface area contributed by atoms with Gasteiger partial charge in [-0.25, -0.2) is 0 Å². The number of hydrogen-bond donors (Lipinski definition) is 1. The molecule has 0 radical (unpaired) electrons. The van der Waals surface area contributed by atoms with Crippen LogP contribution in [0.3, 0.4) is 0 Å². The van der Waals surface area contributed by atoms with E-state index in [1.165, 1.54) is 58.2 Å². The van der Waals surface area contributed by atoms with Gasteiger partial charge in [0.2, 0.25) is 0 Å². The van der Waals surface area contributed by atoms with E-state index in [0.29, 0.717) is 0 Å². The Morgan fingerprint density at radius 2 is 1.79 bits per heavy atom. The Labute approximate surface area is 119 Å². The molecule has 1 heterocycles. The molecule has 112 valence electrons. The minimum Gasteiger partial charge on any atom is -0.382 e. The second-order valence-electron chi connectivity index (χ2n) is 6.35. The first-order valence-corrected chi connectivity index (χ1v) is 8.35. The molecule has 1 spiro atoms. The zero-order valence-corrected chi connectivity index (χ0v) is 12.8. The summed E-state index contributed by atoms with van der Waals surface area (Å²) in [5.41, 5.74) is 0.765. The average Bonchev–Trinajstić information content (AvgIpc) is 2.89. The molecule has 1 aliphatic heterocycles. The van der Waals surface area contributed by atoms with E-state index in [9.17, 15) is 0 Å². The summed E-state index contributed by atoms with van der Waals surface area (Å²) >= 11 is 0. The lowest BCUT2D eigenvalue weighted by atomic mass is 9.77. The third-order valence-corrected chi connectivity index (χ3v) is 5.03. The van der Waals surface area contributed by atoms with E-state index in [-0.39, 0.29) is 0 Å². The van der Waals surface area contributed by atoms with Crippen LogP contribution in [0.15, 0.2) is 0 Å². The minimum absolute atomic E-state index is 0.765. The van der Waals surface area contributed by atoms with Gasteiger partial charge in [-0.1, -0.05) is 12.8 Å². The normalized spacial score (nSPS) is 23.2. The van der Waals surface area contributed by atoms with Crippen molar-refractivity contribution in [3.8, 4) is 0 Å². The third kappa shape index (κ3) is 5.05. The summed E-state index contributed by atoms with van der Waals surface area (Å²) in [6.45, 7) is 9.93. The molecule has 2 fully saturated rings. The van der Waals surface area contributed by atoms with Crippen molar-refractivity contribution >= 4 is 0 Å². The van der Waals surface area contributed by atoms with Gasteiger partial charge in [0.05, 0.1) is 0 Å². The third-order valence-electron chi connectivity index (χ3n) is 5.03. The summed E-state index contributed by atoms with van der Waals surface area (Å²) in [5.74, 6) is 0. The van der Waals surface area contributed by atoms with E-state index in [1.54, 1.807) is 0 Å². The lowest BCUT2D eigenvalue weighted by molar-refractivity contribution is 0.109. The summed E-state index contributed by atoms with van der Waals surface area (Å²) in [6.07, 6.45) is 10.0. The van der Waals surface area contributed by atoms with Crippen molar-refractivity contribution in [3.05, 3.63) is 0 Å². The smallest absolute Gasteiger partial charge is 0.0477 e. The molecule has 2 aliphatic rings. The van der Waals surface area contributed by atoms with Crippen LogP contribution in [0.25, 0.3) is 0 Å². The van der Waals surface area contributed by atoms with Crippen LogP contribution in [-0.2, 0) is 4.74 Å². The number of nitrogens with zero attached hydrogens (tertiary/aromatic N) is 1. The molecule has 3 heteroatoms. The zero-order valence-electron chi connectivity index (χ0n) is 12.8. The second kappa shape index (κ2) is 8.23. The average molecular weight is 268 g/mol. The molecule has 2 rings (SSSR count). The first kappa shape index (κ1) is 15.3. The fourth-order valence-electron chi connectivity index (χ4n) is 3.68. The summed E-state index contributed by atoms with van der Waals surface area (Å²) in [5, 5.41) is 3.53. The maximum absolute atomic E-state index is 5.33. The number of piperidine rings is 1. The van der Waals surface area contributed by atoms with Gasteiger partial charge < -0.3 is 15.0 Å². The summed E-state index contributed by atoms with van der Waals surface area (Å²) in [4.78, 5) is 2.65. The standard InChI is InChI=1S/C16H32N2O/c1-2-19-15-5-10-17-11-14-18-12-8-16(9-13-18)6-3-4-7-16/h17H,2-15H2,1H3. The molecule has 1 N–H and O–H groups in total. The molecule has 1 saturated carbocycles. The van der Waals surface area contributed by atoms with Crippen molar-refractivity contribution in [2.75, 3.05) is 45.9 Å². The van der Waals surface area contributed by atoms with Gasteiger partial charge in [-0.2, -0.15) is 0 Å². The SMILES string of the molecule is CCOCCCNCCN1CCC2(CCCC2)CC1. The summed E-state index contributed by atoms with van der Waals surface area (Å²) in [7, 11) is 0. The van der Waals surface area contributed by atoms with Crippen LogP contribution in [-0.4, -0.2) is 50.8 Å². The predicted octanol–water partition coefficient (Wildman–Crippen LogP) is 2.66. The number of likely N-dealkylation sites (tertiary alicyclic amines) is 1. The Morgan fingerprint density at radius 1 is 1.05 bits per heavy atom. The van der Waals surface area contributed by atoms with E-state index >= 15 is 0 Å². The minimum atomic E-state index is 0.765. The molecule has 19 heavy (non-hydrogen) atoms. The van der Waals surface area contributed by atoms with Crippen LogP contribution in [0.1, 0.15) is 51.9 Å². The van der Waals surface area contributed by atoms with Crippen molar-refractivity contribution in [1.29, 1.82) is 0 Å². The van der Waals surface area contributed by atoms with E-state index in [0.717, 1.165) is 38.1 Å². The van der Waals surface area contributed by atoms with E-state index in [1.807, 2.05) is 0 Å². The molecular formula is C16H32N2O. The lowest BCUT2D eigenvalue weighted by Gasteiger charge is -2.39. The number of hydrogen-bond acceptors (Lipinski definition) is 3. The van der Waals surface area contributed by atoms with Crippen LogP contribution in [0.4, 0.5) is 0 Å². The van der Waals surface area contributed by atoms with Gasteiger partial charge in [0, 0.05) is 26.3 Å². The van der Waals surface area contributed by atoms with Gasteiger partial charge in [0.1, 0.15) is 0 Å². The first-order chi connectivity index (χ1) is 9.35. The maximum Gasteiger partial charge on any atom is 0.0477 e. The largest absolute Gasteiger partial charge is 0.382 e. The van der Waals surface area contributed by atoms with Crippen molar-refractivity contribution in [2.45, 2.75) is 51.9 Å². The molecule has 1 saturated heterocycles. The fraction of sp³-hybridized carbons (Fsp3) is 1.00. The molecule has 0 aromatic heterocycles. The van der Waals surface area contributed by atoms with Crippen molar-refractivity contribution in [3.63, 3.8) is 0 Å². The molecule has 0 aromatic carbocycles. The van der Waals surface area contributed by atoms with Crippen molar-refractivity contribution in [1.82, 2.24) is 10.2 Å². The maximum atomic E-state index is 5.33. The van der Waals surface area contributed by atoms with Gasteiger partial charge in [-0.3, -0.25) is 0 Å². The molecule has 0 amide bonds. The topological polar surface area (TPSA) is 24.5 Å². The van der Waals surface area contributed by atoms with Crippen molar-refractivity contribution < 1.29 is 4.74 Å². The van der Waals surface area contributed by atoms with Gasteiger partial charge in [0.25, 0.3) is 0 Å². The fourth-order valence-corrected chi connectivity index (χ4v) is 3.68. The van der Waals surface area contributed by atoms with E-state index < -0.39 is 0 Å². The van der Waals surface area contributed by atoms with Gasteiger partial charge in [-0.15, -0.1) is 0 Å². The van der Waals surface area contributed by atoms with Crippen LogP contribution < -0.4 is 5.32 Å². The highest BCUT2D eigenvalue weighted by Crippen LogP contribution is 2.45. The number of nitrogens with one attached hydrogen (secondary N) is 1. The van der Waals surface area contributed by atoms with Crippen LogP contribution in [0.2, 0.25) is 0 Å². The highest BCUT2D eigenvalue weighted by molar-refractivity contribution is 4.89. The Morgan fingerprint density at radius 3 is 2.47 bits per heavy atom. The molecule has 3 nitrogen and oxygen atoms in total. The highest BCUT2D eigenvalue weighted by Gasteiger charge is 2.36. The number of rotatable bonds is 8. The monoisotopic (exact) mass is 268 g/mol. The summed E-state index contributed by atoms with van der Waals surface area (Å²) < 4.78 is 5.33. The Kier molecular flexibility index (Phi) is 6.62. The van der Waals surface area contributed by atoms with E-state index in [2.05, 4.69) is 17.1 Å².